The summed E-state index contributed by atoms with van der Waals surface area (Å²) < 4.78 is 40.6. The summed E-state index contributed by atoms with van der Waals surface area (Å²) in [6.07, 6.45) is -0.382. The van der Waals surface area contributed by atoms with Crippen LogP contribution in [0.3, 0.4) is 0 Å². The van der Waals surface area contributed by atoms with E-state index in [9.17, 15) is 22.8 Å². The fourth-order valence-electron chi connectivity index (χ4n) is 3.72. The Morgan fingerprint density at radius 3 is 2.57 bits per heavy atom. The number of ether oxygens (including phenoxy) is 1. The number of carbonyl (C=O) groups excluding carboxylic acids is 1. The molecule has 1 fully saturated rings. The molecule has 0 unspecified atom stereocenters. The van der Waals surface area contributed by atoms with Gasteiger partial charge in [-0.3, -0.25) is 9.59 Å². The quantitative estimate of drug-likeness (QED) is 0.598. The molecule has 30 heavy (non-hydrogen) atoms. The van der Waals surface area contributed by atoms with E-state index in [0.29, 0.717) is 22.8 Å². The summed E-state index contributed by atoms with van der Waals surface area (Å²) in [7, 11) is 0. The summed E-state index contributed by atoms with van der Waals surface area (Å²) in [5, 5.41) is 13.7. The minimum atomic E-state index is -4.74. The highest BCUT2D eigenvalue weighted by atomic mass is 32.1. The monoisotopic (exact) mass is 441 g/mol. The summed E-state index contributed by atoms with van der Waals surface area (Å²) in [5.41, 5.74) is 1.43. The van der Waals surface area contributed by atoms with Crippen molar-refractivity contribution in [1.82, 2.24) is 5.32 Å². The number of amides is 1. The van der Waals surface area contributed by atoms with Crippen LogP contribution in [0.4, 0.5) is 13.2 Å². The van der Waals surface area contributed by atoms with Crippen molar-refractivity contribution in [1.29, 1.82) is 0 Å². The van der Waals surface area contributed by atoms with Gasteiger partial charge in [0, 0.05) is 12.5 Å². The van der Waals surface area contributed by atoms with E-state index < -0.39 is 12.3 Å². The number of carboxylic acids is 1. The topological polar surface area (TPSA) is 75.6 Å². The lowest BCUT2D eigenvalue weighted by molar-refractivity contribution is -0.274. The first-order chi connectivity index (χ1) is 14.2. The van der Waals surface area contributed by atoms with Crippen molar-refractivity contribution < 1.29 is 32.6 Å². The number of carboxylic acid groups (broad SMARTS) is 1. The highest BCUT2D eigenvalue weighted by molar-refractivity contribution is 7.12. The zero-order chi connectivity index (χ0) is 21.7. The van der Waals surface area contributed by atoms with Gasteiger partial charge in [0.2, 0.25) is 0 Å². The molecule has 0 aliphatic heterocycles. The third-order valence-electron chi connectivity index (χ3n) is 5.13. The predicted molar refractivity (Wildman–Crippen MR) is 107 cm³/mol. The molecule has 2 aromatic rings. The summed E-state index contributed by atoms with van der Waals surface area (Å²) >= 11 is 1.27. The lowest BCUT2D eigenvalue weighted by Crippen LogP contribution is -2.38. The number of nitrogens with one attached hydrogen (secondary N) is 1. The molecule has 1 saturated carbocycles. The Morgan fingerprint density at radius 1 is 1.17 bits per heavy atom. The van der Waals surface area contributed by atoms with Gasteiger partial charge in [-0.1, -0.05) is 25.0 Å². The van der Waals surface area contributed by atoms with Gasteiger partial charge in [-0.05, 0) is 59.9 Å². The molecule has 162 valence electrons. The molecule has 0 bridgehead atoms. The molecule has 9 heteroatoms. The van der Waals surface area contributed by atoms with E-state index >= 15 is 0 Å². The first kappa shape index (κ1) is 22.1. The van der Waals surface area contributed by atoms with Gasteiger partial charge >= 0.3 is 12.3 Å². The fourth-order valence-corrected chi connectivity index (χ4v) is 4.54. The number of benzene rings is 1. The number of aliphatic carboxylic acids is 1. The van der Waals surface area contributed by atoms with Crippen LogP contribution >= 0.6 is 11.3 Å². The first-order valence-electron chi connectivity index (χ1n) is 9.67. The van der Waals surface area contributed by atoms with E-state index in [4.69, 9.17) is 5.11 Å². The van der Waals surface area contributed by atoms with Crippen molar-refractivity contribution in [2.75, 3.05) is 0 Å². The second-order valence-electron chi connectivity index (χ2n) is 7.41. The molecule has 1 aliphatic rings. The Balaban J connectivity index is 1.57. The number of hydrogen-bond acceptors (Lipinski definition) is 4. The van der Waals surface area contributed by atoms with Crippen LogP contribution in [0.5, 0.6) is 5.75 Å². The van der Waals surface area contributed by atoms with Crippen molar-refractivity contribution in [3.05, 3.63) is 40.6 Å². The van der Waals surface area contributed by atoms with Crippen molar-refractivity contribution >= 4 is 23.2 Å². The molecule has 0 radical (unpaired) electrons. The normalized spacial score (nSPS) is 19.3. The molecule has 2 N–H and O–H groups in total. The van der Waals surface area contributed by atoms with Gasteiger partial charge in [0.25, 0.3) is 5.91 Å². The number of thiophene rings is 1. The zero-order valence-corrected chi connectivity index (χ0v) is 16.9. The first-order valence-corrected chi connectivity index (χ1v) is 10.5. The largest absolute Gasteiger partial charge is 0.573 e. The summed E-state index contributed by atoms with van der Waals surface area (Å²) in [5.74, 6) is -0.983. The van der Waals surface area contributed by atoms with E-state index in [1.807, 2.05) is 0 Å². The Labute approximate surface area is 175 Å². The third-order valence-corrected chi connectivity index (χ3v) is 6.06. The second kappa shape index (κ2) is 9.51. The average molecular weight is 441 g/mol. The van der Waals surface area contributed by atoms with Gasteiger partial charge in [-0.2, -0.15) is 0 Å². The number of hydrogen-bond donors (Lipinski definition) is 2. The zero-order valence-electron chi connectivity index (χ0n) is 16.1. The average Bonchev–Trinajstić information content (AvgIpc) is 3.16. The van der Waals surface area contributed by atoms with Crippen LogP contribution < -0.4 is 10.1 Å². The number of alkyl halides is 3. The minimum absolute atomic E-state index is 0.0226. The lowest BCUT2D eigenvalue weighted by atomic mass is 9.83. The molecule has 3 rings (SSSR count). The Hall–Kier alpha value is -2.55. The van der Waals surface area contributed by atoms with E-state index in [1.54, 1.807) is 11.4 Å². The maximum atomic E-state index is 12.6. The van der Waals surface area contributed by atoms with Crippen molar-refractivity contribution in [3.63, 3.8) is 0 Å². The standard InChI is InChI=1S/C21H22F3NO4S/c22-21(23,24)29-17-7-5-14(6-8-17)15-11-18(30-12-15)20(28)25-16-3-1-2-13(10-16)4-9-19(26)27/h5-8,11-13,16H,1-4,9-10H2,(H,25,28)(H,26,27)/t13-,16+/m0/s1. The Bertz CT molecular complexity index is 879. The predicted octanol–water partition coefficient (Wildman–Crippen LogP) is 5.47. The molecule has 1 heterocycles. The molecular weight excluding hydrogens is 419 g/mol. The van der Waals surface area contributed by atoms with Gasteiger partial charge in [-0.15, -0.1) is 24.5 Å². The van der Waals surface area contributed by atoms with Gasteiger partial charge in [-0.25, -0.2) is 0 Å². The number of rotatable bonds is 7. The van der Waals surface area contributed by atoms with Crippen LogP contribution in [0.1, 0.15) is 48.2 Å². The second-order valence-corrected chi connectivity index (χ2v) is 8.32. The highest BCUT2D eigenvalue weighted by Gasteiger charge is 2.31. The lowest BCUT2D eigenvalue weighted by Gasteiger charge is -2.29. The Kier molecular flexibility index (Phi) is 7.02. The molecule has 1 amide bonds. The van der Waals surface area contributed by atoms with Gasteiger partial charge in [0.05, 0.1) is 4.88 Å². The van der Waals surface area contributed by atoms with Crippen molar-refractivity contribution in [3.8, 4) is 16.9 Å². The molecule has 1 aromatic carbocycles. The molecule has 1 aliphatic carbocycles. The fraction of sp³-hybridized carbons (Fsp3) is 0.429. The molecule has 2 atom stereocenters. The number of halogens is 3. The summed E-state index contributed by atoms with van der Waals surface area (Å²) in [4.78, 5) is 23.9. The van der Waals surface area contributed by atoms with Crippen LogP contribution in [0.2, 0.25) is 0 Å². The van der Waals surface area contributed by atoms with Gasteiger partial charge in [0.1, 0.15) is 5.75 Å². The maximum absolute atomic E-state index is 12.6. The van der Waals surface area contributed by atoms with Crippen LogP contribution in [0.25, 0.3) is 11.1 Å². The van der Waals surface area contributed by atoms with E-state index in [0.717, 1.165) is 31.2 Å². The summed E-state index contributed by atoms with van der Waals surface area (Å²) in [6, 6.07) is 7.23. The number of carbonyl (C=O) groups is 2. The summed E-state index contributed by atoms with van der Waals surface area (Å²) in [6.45, 7) is 0. The van der Waals surface area contributed by atoms with Crippen LogP contribution in [-0.2, 0) is 4.79 Å². The molecule has 5 nitrogen and oxygen atoms in total. The smallest absolute Gasteiger partial charge is 0.481 e. The third kappa shape index (κ3) is 6.48. The van der Waals surface area contributed by atoms with Gasteiger partial charge in [0.15, 0.2) is 0 Å². The van der Waals surface area contributed by atoms with E-state index in [-0.39, 0.29) is 24.1 Å². The van der Waals surface area contributed by atoms with Crippen LogP contribution in [0.15, 0.2) is 35.7 Å². The SMILES string of the molecule is O=C(O)CC[C@@H]1CCC[C@@H](NC(=O)c2cc(-c3ccc(OC(F)(F)F)cc3)cs2)C1. The van der Waals surface area contributed by atoms with Gasteiger partial charge < -0.3 is 15.2 Å². The molecule has 0 saturated heterocycles. The van der Waals surface area contributed by atoms with Crippen molar-refractivity contribution in [2.24, 2.45) is 5.92 Å². The van der Waals surface area contributed by atoms with Crippen LogP contribution in [0, 0.1) is 5.92 Å². The molecule has 0 spiro atoms. The van der Waals surface area contributed by atoms with E-state index in [1.165, 1.54) is 35.6 Å². The van der Waals surface area contributed by atoms with Crippen LogP contribution in [-0.4, -0.2) is 29.4 Å². The minimum Gasteiger partial charge on any atom is -0.481 e. The molecular formula is C21H22F3NO4S. The highest BCUT2D eigenvalue weighted by Crippen LogP contribution is 2.31. The van der Waals surface area contributed by atoms with Crippen molar-refractivity contribution in [2.45, 2.75) is 50.9 Å². The molecule has 1 aromatic heterocycles. The van der Waals surface area contributed by atoms with E-state index in [2.05, 4.69) is 10.1 Å². The Morgan fingerprint density at radius 2 is 1.90 bits per heavy atom. The maximum Gasteiger partial charge on any atom is 0.573 e.